The van der Waals surface area contributed by atoms with Crippen molar-refractivity contribution in [3.63, 3.8) is 0 Å². The number of benzene rings is 1. The molecule has 150 valence electrons. The highest BCUT2D eigenvalue weighted by Crippen LogP contribution is 2.21. The Labute approximate surface area is 169 Å². The van der Waals surface area contributed by atoms with E-state index in [9.17, 15) is 13.2 Å². The van der Waals surface area contributed by atoms with E-state index in [2.05, 4.69) is 4.98 Å². The molecule has 0 N–H and O–H groups in total. The molecular weight excluding hydrogens is 396 g/mol. The molecule has 2 aromatic rings. The Bertz CT molecular complexity index is 925. The summed E-state index contributed by atoms with van der Waals surface area (Å²) in [6.07, 6.45) is 6.90. The van der Waals surface area contributed by atoms with Gasteiger partial charge < -0.3 is 4.74 Å². The van der Waals surface area contributed by atoms with E-state index in [1.807, 2.05) is 12.3 Å². The Morgan fingerprint density at radius 1 is 1.18 bits per heavy atom. The summed E-state index contributed by atoms with van der Waals surface area (Å²) in [5.41, 5.74) is 1.46. The van der Waals surface area contributed by atoms with Crippen LogP contribution in [0.15, 0.2) is 40.6 Å². The van der Waals surface area contributed by atoms with Crippen molar-refractivity contribution >= 4 is 33.4 Å². The third kappa shape index (κ3) is 5.50. The van der Waals surface area contributed by atoms with Crippen molar-refractivity contribution in [3.8, 4) is 0 Å². The second kappa shape index (κ2) is 9.45. The van der Waals surface area contributed by atoms with Crippen molar-refractivity contribution in [2.75, 3.05) is 13.1 Å². The van der Waals surface area contributed by atoms with Gasteiger partial charge in [-0.05, 0) is 43.5 Å². The molecular formula is C20H24N2O4S2. The SMILES string of the molecule is Cc1nc(COC(=O)/C=C/c2ccc(S(=O)(=O)N3CCCCCC3)cc2)cs1. The fourth-order valence-electron chi connectivity index (χ4n) is 3.01. The lowest BCUT2D eigenvalue weighted by Crippen LogP contribution is -2.31. The molecule has 28 heavy (non-hydrogen) atoms. The Morgan fingerprint density at radius 2 is 1.86 bits per heavy atom. The molecule has 0 radical (unpaired) electrons. The van der Waals surface area contributed by atoms with Gasteiger partial charge in [0.05, 0.1) is 15.6 Å². The standard InChI is InChI=1S/C20H24N2O4S2/c1-16-21-18(15-27-16)14-26-20(23)11-8-17-6-9-19(10-7-17)28(24,25)22-12-4-2-3-5-13-22/h6-11,15H,2-5,12-14H2,1H3/b11-8+. The van der Waals surface area contributed by atoms with Gasteiger partial charge in [-0.1, -0.05) is 25.0 Å². The van der Waals surface area contributed by atoms with E-state index < -0.39 is 16.0 Å². The minimum atomic E-state index is -3.46. The van der Waals surface area contributed by atoms with Crippen molar-refractivity contribution in [1.82, 2.24) is 9.29 Å². The van der Waals surface area contributed by atoms with Gasteiger partial charge in [0.2, 0.25) is 10.0 Å². The maximum atomic E-state index is 12.8. The summed E-state index contributed by atoms with van der Waals surface area (Å²) in [4.78, 5) is 16.3. The zero-order valence-electron chi connectivity index (χ0n) is 15.8. The largest absolute Gasteiger partial charge is 0.456 e. The highest BCUT2D eigenvalue weighted by molar-refractivity contribution is 7.89. The smallest absolute Gasteiger partial charge is 0.331 e. The molecule has 0 saturated carbocycles. The molecule has 1 aromatic heterocycles. The molecule has 0 aliphatic carbocycles. The first-order valence-corrected chi connectivity index (χ1v) is 11.6. The van der Waals surface area contributed by atoms with Gasteiger partial charge in [0.15, 0.2) is 0 Å². The van der Waals surface area contributed by atoms with Crippen LogP contribution in [0.3, 0.4) is 0 Å². The van der Waals surface area contributed by atoms with E-state index in [-0.39, 0.29) is 11.5 Å². The molecule has 1 aliphatic heterocycles. The predicted octanol–water partition coefficient (Wildman–Crippen LogP) is 3.77. The topological polar surface area (TPSA) is 76.6 Å². The second-order valence-corrected chi connectivity index (χ2v) is 9.69. The molecule has 1 fully saturated rings. The maximum absolute atomic E-state index is 12.8. The number of hydrogen-bond acceptors (Lipinski definition) is 6. The van der Waals surface area contributed by atoms with Crippen molar-refractivity contribution in [2.45, 2.75) is 44.1 Å². The Balaban J connectivity index is 1.58. The summed E-state index contributed by atoms with van der Waals surface area (Å²) in [5.74, 6) is -0.466. The summed E-state index contributed by atoms with van der Waals surface area (Å²) in [5, 5.41) is 2.78. The molecule has 8 heteroatoms. The van der Waals surface area contributed by atoms with Gasteiger partial charge >= 0.3 is 5.97 Å². The van der Waals surface area contributed by atoms with Crippen LogP contribution in [-0.4, -0.2) is 36.8 Å². The van der Waals surface area contributed by atoms with Gasteiger partial charge in [-0.15, -0.1) is 11.3 Å². The van der Waals surface area contributed by atoms with Crippen LogP contribution in [0.25, 0.3) is 6.08 Å². The summed E-state index contributed by atoms with van der Waals surface area (Å²) >= 11 is 1.51. The van der Waals surface area contributed by atoms with E-state index in [0.29, 0.717) is 13.1 Å². The van der Waals surface area contributed by atoms with Gasteiger partial charge in [-0.2, -0.15) is 4.31 Å². The van der Waals surface area contributed by atoms with Gasteiger partial charge in [0.25, 0.3) is 0 Å². The Morgan fingerprint density at radius 3 is 2.46 bits per heavy atom. The number of aromatic nitrogens is 1. The molecule has 0 amide bonds. The number of rotatable bonds is 6. The van der Waals surface area contributed by atoms with E-state index >= 15 is 0 Å². The van der Waals surface area contributed by atoms with E-state index in [4.69, 9.17) is 4.74 Å². The maximum Gasteiger partial charge on any atom is 0.331 e. The number of carbonyl (C=O) groups is 1. The van der Waals surface area contributed by atoms with Crippen LogP contribution >= 0.6 is 11.3 Å². The number of thiazole rings is 1. The Kier molecular flexibility index (Phi) is 6.98. The first-order chi connectivity index (χ1) is 13.4. The van der Waals surface area contributed by atoms with Crippen LogP contribution in [0.1, 0.15) is 41.9 Å². The first kappa shape index (κ1) is 20.7. The third-order valence-electron chi connectivity index (χ3n) is 4.52. The summed E-state index contributed by atoms with van der Waals surface area (Å²) in [7, 11) is -3.46. The fourth-order valence-corrected chi connectivity index (χ4v) is 5.13. The fraction of sp³-hybridized carbons (Fsp3) is 0.400. The summed E-state index contributed by atoms with van der Waals surface area (Å²) < 4.78 is 32.3. The quantitative estimate of drug-likeness (QED) is 0.525. The average Bonchev–Trinajstić information content (AvgIpc) is 2.93. The summed E-state index contributed by atoms with van der Waals surface area (Å²) in [6.45, 7) is 3.19. The van der Waals surface area contributed by atoms with Gasteiger partial charge in [0, 0.05) is 24.5 Å². The molecule has 1 saturated heterocycles. The van der Waals surface area contributed by atoms with Crippen LogP contribution in [0.4, 0.5) is 0 Å². The highest BCUT2D eigenvalue weighted by Gasteiger charge is 2.24. The second-order valence-electron chi connectivity index (χ2n) is 6.69. The van der Waals surface area contributed by atoms with E-state index in [0.717, 1.165) is 41.9 Å². The number of esters is 1. The van der Waals surface area contributed by atoms with Crippen LogP contribution in [0.5, 0.6) is 0 Å². The van der Waals surface area contributed by atoms with Crippen molar-refractivity contribution in [2.24, 2.45) is 0 Å². The predicted molar refractivity (Wildman–Crippen MR) is 109 cm³/mol. The molecule has 0 atom stereocenters. The lowest BCUT2D eigenvalue weighted by atomic mass is 10.2. The van der Waals surface area contributed by atoms with E-state index in [1.54, 1.807) is 34.6 Å². The molecule has 6 nitrogen and oxygen atoms in total. The lowest BCUT2D eigenvalue weighted by molar-refractivity contribution is -0.139. The van der Waals surface area contributed by atoms with Gasteiger partial charge in [-0.25, -0.2) is 18.2 Å². The van der Waals surface area contributed by atoms with Crippen LogP contribution in [0, 0.1) is 6.92 Å². The van der Waals surface area contributed by atoms with Gasteiger partial charge in [0.1, 0.15) is 6.61 Å². The molecule has 0 unspecified atom stereocenters. The zero-order chi connectivity index (χ0) is 20.0. The molecule has 0 spiro atoms. The third-order valence-corrected chi connectivity index (χ3v) is 7.26. The monoisotopic (exact) mass is 420 g/mol. The summed E-state index contributed by atoms with van der Waals surface area (Å²) in [6, 6.07) is 6.56. The van der Waals surface area contributed by atoms with Crippen LogP contribution < -0.4 is 0 Å². The van der Waals surface area contributed by atoms with E-state index in [1.165, 1.54) is 17.4 Å². The molecule has 1 aromatic carbocycles. The van der Waals surface area contributed by atoms with Crippen molar-refractivity contribution < 1.29 is 17.9 Å². The highest BCUT2D eigenvalue weighted by atomic mass is 32.2. The number of ether oxygens (including phenoxy) is 1. The number of nitrogens with zero attached hydrogens (tertiary/aromatic N) is 2. The number of carbonyl (C=O) groups excluding carboxylic acids is 1. The number of hydrogen-bond donors (Lipinski definition) is 0. The van der Waals surface area contributed by atoms with Crippen molar-refractivity contribution in [1.29, 1.82) is 0 Å². The minimum Gasteiger partial charge on any atom is -0.456 e. The number of aryl methyl sites for hydroxylation is 1. The minimum absolute atomic E-state index is 0.139. The zero-order valence-corrected chi connectivity index (χ0v) is 17.5. The van der Waals surface area contributed by atoms with Gasteiger partial charge in [-0.3, -0.25) is 0 Å². The first-order valence-electron chi connectivity index (χ1n) is 9.31. The molecule has 3 rings (SSSR count). The lowest BCUT2D eigenvalue weighted by Gasteiger charge is -2.19. The van der Waals surface area contributed by atoms with Crippen LogP contribution in [-0.2, 0) is 26.2 Å². The number of sulfonamides is 1. The average molecular weight is 421 g/mol. The molecule has 1 aliphatic rings. The Hall–Kier alpha value is -2.03. The molecule has 2 heterocycles. The normalized spacial score (nSPS) is 16.2. The molecule has 0 bridgehead atoms. The van der Waals surface area contributed by atoms with Crippen LogP contribution in [0.2, 0.25) is 0 Å². The van der Waals surface area contributed by atoms with Crippen molar-refractivity contribution in [3.05, 3.63) is 52.0 Å².